The molecule has 0 saturated carbocycles. The Bertz CT molecular complexity index is 318. The van der Waals surface area contributed by atoms with Crippen LogP contribution in [0.3, 0.4) is 0 Å². The van der Waals surface area contributed by atoms with Gasteiger partial charge in [-0.15, -0.1) is 0 Å². The lowest BCUT2D eigenvalue weighted by atomic mass is 10.2. The first-order valence-corrected chi connectivity index (χ1v) is 5.66. The molecule has 1 aromatic rings. The van der Waals surface area contributed by atoms with Crippen LogP contribution in [0.15, 0.2) is 28.7 Å². The summed E-state index contributed by atoms with van der Waals surface area (Å²) in [4.78, 5) is 0. The van der Waals surface area contributed by atoms with Gasteiger partial charge in [0.05, 0.1) is 6.61 Å². The summed E-state index contributed by atoms with van der Waals surface area (Å²) in [6.45, 7) is 4.82. The molecule has 1 nitrogen and oxygen atoms in total. The quantitative estimate of drug-likeness (QED) is 0.780. The van der Waals surface area contributed by atoms with E-state index in [1.54, 1.807) is 0 Å². The Morgan fingerprint density at radius 3 is 2.79 bits per heavy atom. The first-order valence-electron chi connectivity index (χ1n) is 4.86. The SMILES string of the molecule is CC/C=C/c1cc(Br)ccc1OCC. The Balaban J connectivity index is 2.96. The molecule has 0 spiro atoms. The van der Waals surface area contributed by atoms with Crippen molar-refractivity contribution in [3.8, 4) is 5.75 Å². The summed E-state index contributed by atoms with van der Waals surface area (Å²) >= 11 is 3.45. The van der Waals surface area contributed by atoms with Crippen LogP contribution in [0.1, 0.15) is 25.8 Å². The standard InChI is InChI=1S/C12H15BrO/c1-3-5-6-10-9-11(13)7-8-12(10)14-4-2/h5-9H,3-4H2,1-2H3/b6-5+. The van der Waals surface area contributed by atoms with Crippen LogP contribution in [-0.2, 0) is 0 Å². The Labute approximate surface area is 93.9 Å². The van der Waals surface area contributed by atoms with Crippen LogP contribution in [0.4, 0.5) is 0 Å². The number of hydrogen-bond donors (Lipinski definition) is 0. The van der Waals surface area contributed by atoms with Gasteiger partial charge < -0.3 is 4.74 Å². The molecular weight excluding hydrogens is 240 g/mol. The molecule has 0 heterocycles. The van der Waals surface area contributed by atoms with Gasteiger partial charge in [-0.05, 0) is 31.5 Å². The topological polar surface area (TPSA) is 9.23 Å². The van der Waals surface area contributed by atoms with E-state index in [4.69, 9.17) is 4.74 Å². The normalized spacial score (nSPS) is 10.8. The minimum Gasteiger partial charge on any atom is -0.493 e. The zero-order chi connectivity index (χ0) is 10.4. The van der Waals surface area contributed by atoms with Crippen molar-refractivity contribution < 1.29 is 4.74 Å². The lowest BCUT2D eigenvalue weighted by Gasteiger charge is -2.07. The second-order valence-corrected chi connectivity index (χ2v) is 3.84. The second kappa shape index (κ2) is 5.86. The van der Waals surface area contributed by atoms with E-state index >= 15 is 0 Å². The lowest BCUT2D eigenvalue weighted by Crippen LogP contribution is -1.93. The van der Waals surface area contributed by atoms with Crippen LogP contribution in [0, 0.1) is 0 Å². The van der Waals surface area contributed by atoms with Gasteiger partial charge >= 0.3 is 0 Å². The van der Waals surface area contributed by atoms with Crippen molar-refractivity contribution in [2.45, 2.75) is 20.3 Å². The summed E-state index contributed by atoms with van der Waals surface area (Å²) in [5.74, 6) is 0.945. The maximum absolute atomic E-state index is 5.52. The van der Waals surface area contributed by atoms with Gasteiger partial charge in [0.25, 0.3) is 0 Å². The minimum atomic E-state index is 0.703. The van der Waals surface area contributed by atoms with Crippen molar-refractivity contribution in [2.75, 3.05) is 6.61 Å². The molecule has 0 fully saturated rings. The molecule has 0 amide bonds. The van der Waals surface area contributed by atoms with Crippen LogP contribution in [0.25, 0.3) is 6.08 Å². The van der Waals surface area contributed by atoms with Crippen LogP contribution in [-0.4, -0.2) is 6.61 Å². The van der Waals surface area contributed by atoms with Gasteiger partial charge in [0.2, 0.25) is 0 Å². The molecule has 1 aromatic carbocycles. The number of benzene rings is 1. The molecule has 0 aliphatic carbocycles. The third-order valence-electron chi connectivity index (χ3n) is 1.80. The predicted molar refractivity (Wildman–Crippen MR) is 64.6 cm³/mol. The van der Waals surface area contributed by atoms with E-state index in [0.717, 1.165) is 22.2 Å². The molecule has 2 heteroatoms. The first-order chi connectivity index (χ1) is 6.77. The van der Waals surface area contributed by atoms with Crippen LogP contribution < -0.4 is 4.74 Å². The largest absolute Gasteiger partial charge is 0.493 e. The Hall–Kier alpha value is -0.760. The molecule has 1 rings (SSSR count). The smallest absolute Gasteiger partial charge is 0.126 e. The van der Waals surface area contributed by atoms with E-state index in [9.17, 15) is 0 Å². The number of hydrogen-bond acceptors (Lipinski definition) is 1. The maximum atomic E-state index is 5.52. The van der Waals surface area contributed by atoms with Crippen LogP contribution >= 0.6 is 15.9 Å². The number of rotatable bonds is 4. The molecule has 0 saturated heterocycles. The first kappa shape index (κ1) is 11.3. The highest BCUT2D eigenvalue weighted by Gasteiger charge is 2.00. The molecule has 14 heavy (non-hydrogen) atoms. The third kappa shape index (κ3) is 3.18. The molecular formula is C12H15BrO. The van der Waals surface area contributed by atoms with Gasteiger partial charge in [-0.1, -0.05) is 35.0 Å². The Kier molecular flexibility index (Phi) is 4.74. The molecule has 0 unspecified atom stereocenters. The highest BCUT2D eigenvalue weighted by molar-refractivity contribution is 9.10. The van der Waals surface area contributed by atoms with E-state index in [-0.39, 0.29) is 0 Å². The van der Waals surface area contributed by atoms with Gasteiger partial charge in [-0.3, -0.25) is 0 Å². The highest BCUT2D eigenvalue weighted by atomic mass is 79.9. The second-order valence-electron chi connectivity index (χ2n) is 2.93. The average Bonchev–Trinajstić information content (AvgIpc) is 2.18. The van der Waals surface area contributed by atoms with Gasteiger partial charge in [-0.2, -0.15) is 0 Å². The maximum Gasteiger partial charge on any atom is 0.126 e. The summed E-state index contributed by atoms with van der Waals surface area (Å²) in [6, 6.07) is 6.05. The van der Waals surface area contributed by atoms with E-state index in [2.05, 4.69) is 41.1 Å². The highest BCUT2D eigenvalue weighted by Crippen LogP contribution is 2.24. The van der Waals surface area contributed by atoms with Crippen molar-refractivity contribution >= 4 is 22.0 Å². The zero-order valence-electron chi connectivity index (χ0n) is 8.59. The summed E-state index contributed by atoms with van der Waals surface area (Å²) in [7, 11) is 0. The fourth-order valence-electron chi connectivity index (χ4n) is 1.18. The van der Waals surface area contributed by atoms with Gasteiger partial charge in [0, 0.05) is 10.0 Å². The van der Waals surface area contributed by atoms with Crippen LogP contribution in [0.2, 0.25) is 0 Å². The summed E-state index contributed by atoms with van der Waals surface area (Å²) in [5.41, 5.74) is 1.13. The summed E-state index contributed by atoms with van der Waals surface area (Å²) in [5, 5.41) is 0. The van der Waals surface area contributed by atoms with E-state index < -0.39 is 0 Å². The van der Waals surface area contributed by atoms with Crippen molar-refractivity contribution in [3.63, 3.8) is 0 Å². The fraction of sp³-hybridized carbons (Fsp3) is 0.333. The summed E-state index contributed by atoms with van der Waals surface area (Å²) in [6.07, 6.45) is 5.26. The molecule has 76 valence electrons. The van der Waals surface area contributed by atoms with E-state index in [1.165, 1.54) is 0 Å². The minimum absolute atomic E-state index is 0.703. The monoisotopic (exact) mass is 254 g/mol. The van der Waals surface area contributed by atoms with Crippen LogP contribution in [0.5, 0.6) is 5.75 Å². The number of allylic oxidation sites excluding steroid dienone is 1. The Morgan fingerprint density at radius 2 is 2.14 bits per heavy atom. The summed E-state index contributed by atoms with van der Waals surface area (Å²) < 4.78 is 6.60. The third-order valence-corrected chi connectivity index (χ3v) is 2.30. The van der Waals surface area contributed by atoms with E-state index in [0.29, 0.717) is 6.61 Å². The number of halogens is 1. The van der Waals surface area contributed by atoms with Crippen molar-refractivity contribution in [1.82, 2.24) is 0 Å². The molecule has 0 atom stereocenters. The van der Waals surface area contributed by atoms with Crippen molar-refractivity contribution in [2.24, 2.45) is 0 Å². The lowest BCUT2D eigenvalue weighted by molar-refractivity contribution is 0.339. The molecule has 0 radical (unpaired) electrons. The molecule has 0 N–H and O–H groups in total. The molecule has 0 aliphatic heterocycles. The Morgan fingerprint density at radius 1 is 1.36 bits per heavy atom. The van der Waals surface area contributed by atoms with E-state index in [1.807, 2.05) is 19.1 Å². The zero-order valence-corrected chi connectivity index (χ0v) is 10.2. The molecule has 0 bridgehead atoms. The van der Waals surface area contributed by atoms with Gasteiger partial charge in [0.1, 0.15) is 5.75 Å². The molecule has 0 aliphatic rings. The average molecular weight is 255 g/mol. The van der Waals surface area contributed by atoms with Gasteiger partial charge in [-0.25, -0.2) is 0 Å². The van der Waals surface area contributed by atoms with Crippen molar-refractivity contribution in [1.29, 1.82) is 0 Å². The fourth-order valence-corrected chi connectivity index (χ4v) is 1.56. The molecule has 0 aromatic heterocycles. The van der Waals surface area contributed by atoms with Crippen molar-refractivity contribution in [3.05, 3.63) is 34.3 Å². The van der Waals surface area contributed by atoms with Gasteiger partial charge in [0.15, 0.2) is 0 Å². The predicted octanol–water partition coefficient (Wildman–Crippen LogP) is 4.27. The number of ether oxygens (including phenoxy) is 1.